The molecule has 0 aromatic heterocycles. The van der Waals surface area contributed by atoms with Crippen LogP contribution in [0.1, 0.15) is 76.7 Å². The predicted molar refractivity (Wildman–Crippen MR) is 119 cm³/mol. The summed E-state index contributed by atoms with van der Waals surface area (Å²) in [7, 11) is -4.10. The van der Waals surface area contributed by atoms with Gasteiger partial charge in [0.2, 0.25) is 0 Å². The van der Waals surface area contributed by atoms with Crippen molar-refractivity contribution in [3.63, 3.8) is 0 Å². The summed E-state index contributed by atoms with van der Waals surface area (Å²) in [5.41, 5.74) is 0.726. The van der Waals surface area contributed by atoms with E-state index in [1.54, 1.807) is 12.1 Å². The Hall–Kier alpha value is -0.990. The summed E-state index contributed by atoms with van der Waals surface area (Å²) in [6, 6.07) is 6.73. The third-order valence-corrected chi connectivity index (χ3v) is 5.58. The van der Waals surface area contributed by atoms with Crippen molar-refractivity contribution in [3.8, 4) is 0 Å². The highest BCUT2D eigenvalue weighted by Crippen LogP contribution is 2.18. The standard InChI is InChI=1S/C18H30O3S.C4H11NO2/c1-2-3-4-5-6-7-8-9-10-11-14-17-15-12-13-16-18(17)22(19,20)21;6-3-1-5-2-4-7/h12-13,15-16H,2-11,14H2,1H3,(H,19,20,21);5-7H,1-4H2. The van der Waals surface area contributed by atoms with Crippen LogP contribution in [0.5, 0.6) is 0 Å². The van der Waals surface area contributed by atoms with Crippen LogP contribution in [-0.4, -0.2) is 49.5 Å². The molecular weight excluding hydrogens is 390 g/mol. The van der Waals surface area contributed by atoms with Crippen LogP contribution in [0.2, 0.25) is 0 Å². The summed E-state index contributed by atoms with van der Waals surface area (Å²) in [4.78, 5) is 0.0610. The molecule has 0 aliphatic rings. The molecule has 0 aliphatic heterocycles. The van der Waals surface area contributed by atoms with Crippen molar-refractivity contribution >= 4 is 10.1 Å². The van der Waals surface area contributed by atoms with Gasteiger partial charge in [-0.15, -0.1) is 0 Å². The monoisotopic (exact) mass is 431 g/mol. The average molecular weight is 432 g/mol. The average Bonchev–Trinajstić information content (AvgIpc) is 2.70. The van der Waals surface area contributed by atoms with Gasteiger partial charge in [0.1, 0.15) is 0 Å². The molecule has 0 unspecified atom stereocenters. The van der Waals surface area contributed by atoms with Gasteiger partial charge in [0.25, 0.3) is 10.1 Å². The molecule has 0 fully saturated rings. The fourth-order valence-corrected chi connectivity index (χ4v) is 3.80. The minimum absolute atomic E-state index is 0.0610. The van der Waals surface area contributed by atoms with Crippen molar-refractivity contribution in [2.24, 2.45) is 0 Å². The minimum Gasteiger partial charge on any atom is -0.395 e. The summed E-state index contributed by atoms with van der Waals surface area (Å²) in [5.74, 6) is 0. The maximum atomic E-state index is 11.3. The quantitative estimate of drug-likeness (QED) is 0.233. The molecule has 0 saturated carbocycles. The molecule has 1 aromatic carbocycles. The van der Waals surface area contributed by atoms with E-state index in [1.165, 1.54) is 57.4 Å². The predicted octanol–water partition coefficient (Wildman–Crippen LogP) is 3.96. The fourth-order valence-electron chi connectivity index (χ4n) is 3.05. The molecule has 0 amide bonds. The number of aryl methyl sites for hydroxylation is 1. The SMILES string of the molecule is CCCCCCCCCCCCc1ccccc1S(=O)(=O)O.OCCNCCO. The molecule has 0 aliphatic carbocycles. The summed E-state index contributed by atoms with van der Waals surface area (Å²) >= 11 is 0. The van der Waals surface area contributed by atoms with E-state index in [0.717, 1.165) is 18.4 Å². The molecule has 0 radical (unpaired) electrons. The Morgan fingerprint density at radius 3 is 1.76 bits per heavy atom. The van der Waals surface area contributed by atoms with Crippen LogP contribution in [0, 0.1) is 0 Å². The van der Waals surface area contributed by atoms with E-state index in [4.69, 9.17) is 10.2 Å². The van der Waals surface area contributed by atoms with Gasteiger partial charge in [-0.05, 0) is 24.5 Å². The number of benzene rings is 1. The largest absolute Gasteiger partial charge is 0.395 e. The first kappa shape index (κ1) is 28.0. The lowest BCUT2D eigenvalue weighted by Gasteiger charge is -2.07. The van der Waals surface area contributed by atoms with E-state index in [-0.39, 0.29) is 18.1 Å². The number of hydrogen-bond acceptors (Lipinski definition) is 5. The number of rotatable bonds is 16. The molecule has 0 spiro atoms. The van der Waals surface area contributed by atoms with Crippen LogP contribution >= 0.6 is 0 Å². The van der Waals surface area contributed by atoms with Crippen molar-refractivity contribution in [3.05, 3.63) is 29.8 Å². The number of aliphatic hydroxyl groups excluding tert-OH is 2. The zero-order valence-electron chi connectivity index (χ0n) is 18.0. The van der Waals surface area contributed by atoms with Gasteiger partial charge < -0.3 is 15.5 Å². The van der Waals surface area contributed by atoms with E-state index in [2.05, 4.69) is 12.2 Å². The highest BCUT2D eigenvalue weighted by molar-refractivity contribution is 7.85. The van der Waals surface area contributed by atoms with Gasteiger partial charge in [-0.1, -0.05) is 82.9 Å². The highest BCUT2D eigenvalue weighted by Gasteiger charge is 2.13. The van der Waals surface area contributed by atoms with Gasteiger partial charge in [-0.3, -0.25) is 4.55 Å². The van der Waals surface area contributed by atoms with Crippen LogP contribution in [-0.2, 0) is 16.5 Å². The Labute approximate surface area is 177 Å². The third-order valence-electron chi connectivity index (χ3n) is 4.63. The van der Waals surface area contributed by atoms with E-state index in [9.17, 15) is 13.0 Å². The Morgan fingerprint density at radius 2 is 1.28 bits per heavy atom. The molecular formula is C22H41NO5S. The molecule has 29 heavy (non-hydrogen) atoms. The zero-order valence-corrected chi connectivity index (χ0v) is 18.8. The second kappa shape index (κ2) is 19.0. The van der Waals surface area contributed by atoms with Crippen LogP contribution in [0.3, 0.4) is 0 Å². The van der Waals surface area contributed by atoms with Crippen molar-refractivity contribution in [2.45, 2.75) is 82.4 Å². The molecule has 1 rings (SSSR count). The summed E-state index contributed by atoms with van der Waals surface area (Å²) in [5, 5.41) is 19.1. The van der Waals surface area contributed by atoms with Crippen molar-refractivity contribution in [1.82, 2.24) is 5.32 Å². The van der Waals surface area contributed by atoms with Crippen molar-refractivity contribution in [2.75, 3.05) is 26.3 Å². The van der Waals surface area contributed by atoms with Crippen LogP contribution in [0.25, 0.3) is 0 Å². The second-order valence-corrected chi connectivity index (χ2v) is 8.60. The number of nitrogens with one attached hydrogen (secondary N) is 1. The highest BCUT2D eigenvalue weighted by atomic mass is 32.2. The lowest BCUT2D eigenvalue weighted by Crippen LogP contribution is -2.21. The third kappa shape index (κ3) is 16.5. The van der Waals surface area contributed by atoms with Crippen molar-refractivity contribution < 1.29 is 23.2 Å². The van der Waals surface area contributed by atoms with E-state index in [1.807, 2.05) is 6.07 Å². The molecule has 0 heterocycles. The molecule has 4 N–H and O–H groups in total. The molecule has 7 heteroatoms. The zero-order chi connectivity index (χ0) is 21.8. The Kier molecular flexibility index (Phi) is 18.4. The second-order valence-electron chi connectivity index (χ2n) is 7.21. The van der Waals surface area contributed by atoms with Gasteiger partial charge in [0, 0.05) is 13.1 Å². The maximum Gasteiger partial charge on any atom is 0.294 e. The number of aliphatic hydroxyl groups is 2. The smallest absolute Gasteiger partial charge is 0.294 e. The van der Waals surface area contributed by atoms with Crippen LogP contribution in [0.15, 0.2) is 29.2 Å². The van der Waals surface area contributed by atoms with Gasteiger partial charge in [0.15, 0.2) is 0 Å². The maximum absolute atomic E-state index is 11.3. The van der Waals surface area contributed by atoms with Gasteiger partial charge >= 0.3 is 0 Å². The lowest BCUT2D eigenvalue weighted by molar-refractivity contribution is 0.266. The molecule has 0 saturated heterocycles. The van der Waals surface area contributed by atoms with Crippen LogP contribution in [0.4, 0.5) is 0 Å². The molecule has 170 valence electrons. The summed E-state index contributed by atoms with van der Waals surface area (Å²) in [6.45, 7) is 3.65. The van der Waals surface area contributed by atoms with Gasteiger partial charge in [0.05, 0.1) is 18.1 Å². The minimum atomic E-state index is -4.10. The van der Waals surface area contributed by atoms with Gasteiger partial charge in [-0.25, -0.2) is 0 Å². The Bertz CT molecular complexity index is 589. The van der Waals surface area contributed by atoms with E-state index >= 15 is 0 Å². The molecule has 6 nitrogen and oxygen atoms in total. The number of unbranched alkanes of at least 4 members (excludes halogenated alkanes) is 9. The topological polar surface area (TPSA) is 107 Å². The van der Waals surface area contributed by atoms with Crippen molar-refractivity contribution in [1.29, 1.82) is 0 Å². The summed E-state index contributed by atoms with van der Waals surface area (Å²) in [6.07, 6.45) is 13.3. The first-order valence-electron chi connectivity index (χ1n) is 10.9. The lowest BCUT2D eigenvalue weighted by atomic mass is 10.0. The van der Waals surface area contributed by atoms with E-state index < -0.39 is 10.1 Å². The molecule has 0 bridgehead atoms. The van der Waals surface area contributed by atoms with E-state index in [0.29, 0.717) is 19.5 Å². The normalized spacial score (nSPS) is 11.2. The number of hydrogen-bond donors (Lipinski definition) is 4. The Balaban J connectivity index is 0.000000956. The Morgan fingerprint density at radius 1 is 0.793 bits per heavy atom. The summed E-state index contributed by atoms with van der Waals surface area (Å²) < 4.78 is 31.8. The van der Waals surface area contributed by atoms with Gasteiger partial charge in [-0.2, -0.15) is 8.42 Å². The first-order valence-corrected chi connectivity index (χ1v) is 12.4. The fraction of sp³-hybridized carbons (Fsp3) is 0.727. The van der Waals surface area contributed by atoms with Crippen LogP contribution < -0.4 is 5.32 Å². The molecule has 0 atom stereocenters. The molecule has 1 aromatic rings. The first-order chi connectivity index (χ1) is 14.0.